The molecule has 0 heterocycles. The maximum absolute atomic E-state index is 14.1. The van der Waals surface area contributed by atoms with Crippen LogP contribution in [0.1, 0.15) is 17.5 Å². The van der Waals surface area contributed by atoms with Crippen molar-refractivity contribution in [2.24, 2.45) is 0 Å². The van der Waals surface area contributed by atoms with E-state index in [1.54, 1.807) is 0 Å². The Bertz CT molecular complexity index is 1320. The number of amides is 1. The van der Waals surface area contributed by atoms with E-state index in [1.807, 2.05) is 0 Å². The predicted molar refractivity (Wildman–Crippen MR) is 129 cm³/mol. The van der Waals surface area contributed by atoms with Crippen molar-refractivity contribution in [1.29, 1.82) is 0 Å². The van der Waals surface area contributed by atoms with Gasteiger partial charge in [0.2, 0.25) is 15.9 Å². The minimum atomic E-state index is -3.92. The summed E-state index contributed by atoms with van der Waals surface area (Å²) in [6.07, 6.45) is -0.330. The quantitative estimate of drug-likeness (QED) is 0.406. The van der Waals surface area contributed by atoms with Gasteiger partial charge in [-0.2, -0.15) is 0 Å². The monoisotopic (exact) mass is 524 g/mol. The standard InChI is InChI=1S/C24H23ClF2N2O5S/c1-33-22-9-7-17(14-23(22)34-2)35(31,32)28-11-10-24(30)29-21-8-6-16(25)12-15(21)13-18-19(26)4-3-5-20(18)27/h3-9,12,14,28H,10-11,13H2,1-2H3,(H,29,30). The molecule has 7 nitrogen and oxygen atoms in total. The molecule has 186 valence electrons. The van der Waals surface area contributed by atoms with E-state index in [0.717, 1.165) is 12.1 Å². The van der Waals surface area contributed by atoms with Crippen molar-refractivity contribution in [3.05, 3.63) is 82.4 Å². The second-order valence-electron chi connectivity index (χ2n) is 7.39. The van der Waals surface area contributed by atoms with E-state index in [-0.39, 0.29) is 35.6 Å². The summed E-state index contributed by atoms with van der Waals surface area (Å²) in [5.74, 6) is -1.31. The molecule has 2 N–H and O–H groups in total. The Morgan fingerprint density at radius 3 is 2.31 bits per heavy atom. The van der Waals surface area contributed by atoms with Gasteiger partial charge in [-0.3, -0.25) is 4.79 Å². The van der Waals surface area contributed by atoms with Crippen LogP contribution < -0.4 is 19.5 Å². The van der Waals surface area contributed by atoms with Gasteiger partial charge in [0.15, 0.2) is 11.5 Å². The van der Waals surface area contributed by atoms with E-state index >= 15 is 0 Å². The lowest BCUT2D eigenvalue weighted by Crippen LogP contribution is -2.28. The molecule has 1 amide bonds. The van der Waals surface area contributed by atoms with Crippen molar-refractivity contribution in [1.82, 2.24) is 4.72 Å². The molecule has 0 bridgehead atoms. The second-order valence-corrected chi connectivity index (χ2v) is 9.59. The molecule has 0 spiro atoms. The van der Waals surface area contributed by atoms with Crippen LogP contribution in [-0.4, -0.2) is 35.1 Å². The number of rotatable bonds is 10. The fourth-order valence-corrected chi connectivity index (χ4v) is 4.54. The average molecular weight is 525 g/mol. The third-order valence-corrected chi connectivity index (χ3v) is 6.77. The lowest BCUT2D eigenvalue weighted by atomic mass is 10.0. The van der Waals surface area contributed by atoms with Gasteiger partial charge in [-0.1, -0.05) is 17.7 Å². The Kier molecular flexibility index (Phi) is 8.66. The number of anilines is 1. The van der Waals surface area contributed by atoms with Crippen molar-refractivity contribution in [3.8, 4) is 11.5 Å². The molecule has 0 aliphatic heterocycles. The summed E-state index contributed by atoms with van der Waals surface area (Å²) in [5, 5.41) is 2.97. The molecule has 3 aromatic carbocycles. The number of carbonyl (C=O) groups excluding carboxylic acids is 1. The van der Waals surface area contributed by atoms with Crippen LogP contribution >= 0.6 is 11.6 Å². The topological polar surface area (TPSA) is 93.7 Å². The van der Waals surface area contributed by atoms with Gasteiger partial charge in [0.05, 0.1) is 19.1 Å². The van der Waals surface area contributed by atoms with Gasteiger partial charge in [-0.15, -0.1) is 0 Å². The zero-order valence-corrected chi connectivity index (χ0v) is 20.5. The number of ether oxygens (including phenoxy) is 2. The van der Waals surface area contributed by atoms with E-state index in [2.05, 4.69) is 10.0 Å². The molecular formula is C24H23ClF2N2O5S. The number of carbonyl (C=O) groups is 1. The molecule has 0 radical (unpaired) electrons. The van der Waals surface area contributed by atoms with Crippen LogP contribution in [0.2, 0.25) is 5.02 Å². The van der Waals surface area contributed by atoms with Crippen LogP contribution in [0.15, 0.2) is 59.5 Å². The van der Waals surface area contributed by atoms with Crippen molar-refractivity contribution in [3.63, 3.8) is 0 Å². The highest BCUT2D eigenvalue weighted by Crippen LogP contribution is 2.29. The SMILES string of the molecule is COc1ccc(S(=O)(=O)NCCC(=O)Nc2ccc(Cl)cc2Cc2c(F)cccc2F)cc1OC. The van der Waals surface area contributed by atoms with Gasteiger partial charge in [-0.05, 0) is 48.0 Å². The smallest absolute Gasteiger partial charge is 0.240 e. The summed E-state index contributed by atoms with van der Waals surface area (Å²) in [6, 6.07) is 12.2. The van der Waals surface area contributed by atoms with Crippen LogP contribution in [0.3, 0.4) is 0 Å². The molecule has 11 heteroatoms. The number of nitrogens with one attached hydrogen (secondary N) is 2. The summed E-state index contributed by atoms with van der Waals surface area (Å²) >= 11 is 6.04. The van der Waals surface area contributed by atoms with Gasteiger partial charge in [0, 0.05) is 41.7 Å². The van der Waals surface area contributed by atoms with Gasteiger partial charge in [0.1, 0.15) is 11.6 Å². The molecule has 0 saturated carbocycles. The van der Waals surface area contributed by atoms with Crippen LogP contribution in [0.25, 0.3) is 0 Å². The lowest BCUT2D eigenvalue weighted by Gasteiger charge is -2.13. The van der Waals surface area contributed by atoms with E-state index in [9.17, 15) is 22.0 Å². The second kappa shape index (κ2) is 11.5. The van der Waals surface area contributed by atoms with Gasteiger partial charge in [-0.25, -0.2) is 21.9 Å². The molecule has 0 aliphatic carbocycles. The third-order valence-electron chi connectivity index (χ3n) is 5.08. The highest BCUT2D eigenvalue weighted by atomic mass is 35.5. The zero-order valence-electron chi connectivity index (χ0n) is 18.9. The molecule has 3 aromatic rings. The zero-order chi connectivity index (χ0) is 25.6. The molecule has 0 unspecified atom stereocenters. The number of sulfonamides is 1. The molecule has 35 heavy (non-hydrogen) atoms. The average Bonchev–Trinajstić information content (AvgIpc) is 2.82. The minimum absolute atomic E-state index is 0.0533. The minimum Gasteiger partial charge on any atom is -0.493 e. The van der Waals surface area contributed by atoms with Crippen molar-refractivity contribution >= 4 is 33.2 Å². The first-order chi connectivity index (χ1) is 16.6. The summed E-state index contributed by atoms with van der Waals surface area (Å²) in [4.78, 5) is 12.4. The van der Waals surface area contributed by atoms with Gasteiger partial charge >= 0.3 is 0 Å². The molecule has 0 aromatic heterocycles. The molecule has 3 rings (SSSR count). The van der Waals surface area contributed by atoms with Crippen molar-refractivity contribution in [2.45, 2.75) is 17.7 Å². The Labute approximate surface area is 207 Å². The Hall–Kier alpha value is -3.21. The number of hydrogen-bond donors (Lipinski definition) is 2. The van der Waals surface area contributed by atoms with Crippen LogP contribution in [-0.2, 0) is 21.2 Å². The van der Waals surface area contributed by atoms with Crippen molar-refractivity contribution in [2.75, 3.05) is 26.1 Å². The first-order valence-corrected chi connectivity index (χ1v) is 12.2. The van der Waals surface area contributed by atoms with E-state index in [1.165, 1.54) is 56.7 Å². The maximum atomic E-state index is 14.1. The number of methoxy groups -OCH3 is 2. The van der Waals surface area contributed by atoms with Crippen molar-refractivity contribution < 1.29 is 31.5 Å². The molecule has 0 saturated heterocycles. The highest BCUT2D eigenvalue weighted by Gasteiger charge is 2.18. The van der Waals surface area contributed by atoms with Gasteiger partial charge in [0.25, 0.3) is 0 Å². The Balaban J connectivity index is 1.66. The molecule has 0 fully saturated rings. The largest absolute Gasteiger partial charge is 0.493 e. The highest BCUT2D eigenvalue weighted by molar-refractivity contribution is 7.89. The van der Waals surface area contributed by atoms with E-state index in [4.69, 9.17) is 21.1 Å². The van der Waals surface area contributed by atoms with E-state index < -0.39 is 27.6 Å². The summed E-state index contributed by atoms with van der Waals surface area (Å²) in [6.45, 7) is -0.187. The molecular weight excluding hydrogens is 502 g/mol. The summed E-state index contributed by atoms with van der Waals surface area (Å²) < 4.78 is 65.9. The van der Waals surface area contributed by atoms with Gasteiger partial charge < -0.3 is 14.8 Å². The third kappa shape index (κ3) is 6.68. The maximum Gasteiger partial charge on any atom is 0.240 e. The predicted octanol–water partition coefficient (Wildman–Crippen LogP) is 4.53. The molecule has 0 atom stereocenters. The van der Waals surface area contributed by atoms with Crippen LogP contribution in [0.4, 0.5) is 14.5 Å². The first-order valence-electron chi connectivity index (χ1n) is 10.4. The molecule has 0 aliphatic rings. The fraction of sp³-hybridized carbons (Fsp3) is 0.208. The fourth-order valence-electron chi connectivity index (χ4n) is 3.30. The Morgan fingerprint density at radius 2 is 1.66 bits per heavy atom. The Morgan fingerprint density at radius 1 is 0.971 bits per heavy atom. The summed E-state index contributed by atoms with van der Waals surface area (Å²) in [7, 11) is -1.10. The summed E-state index contributed by atoms with van der Waals surface area (Å²) in [5.41, 5.74) is 0.554. The number of hydrogen-bond acceptors (Lipinski definition) is 5. The van der Waals surface area contributed by atoms with Crippen LogP contribution in [0.5, 0.6) is 11.5 Å². The number of halogens is 3. The lowest BCUT2D eigenvalue weighted by molar-refractivity contribution is -0.116. The first kappa shape index (κ1) is 26.4. The normalized spacial score (nSPS) is 11.2. The number of benzene rings is 3. The van der Waals surface area contributed by atoms with Crippen LogP contribution in [0, 0.1) is 11.6 Å². The van der Waals surface area contributed by atoms with E-state index in [0.29, 0.717) is 22.0 Å².